The number of nitrogens with zero attached hydrogens (tertiary/aromatic N) is 6. The largest absolute Gasteiger partial charge is 0.490 e. The summed E-state index contributed by atoms with van der Waals surface area (Å²) >= 11 is 0. The number of nitrogens with one attached hydrogen (secondary N) is 2. The van der Waals surface area contributed by atoms with Crippen molar-refractivity contribution in [3.8, 4) is 17.4 Å². The number of allylic oxidation sites excluding steroid dienone is 2. The Labute approximate surface area is 579 Å². The zero-order valence-electron chi connectivity index (χ0n) is 58.3. The van der Waals surface area contributed by atoms with Crippen LogP contribution in [0.2, 0.25) is 0 Å². The minimum atomic E-state index is -3.41. The molecule has 5 aliphatic carbocycles. The summed E-state index contributed by atoms with van der Waals surface area (Å²) in [5.74, 6) is 1.11. The van der Waals surface area contributed by atoms with Crippen LogP contribution >= 0.6 is 0 Å². The van der Waals surface area contributed by atoms with Gasteiger partial charge in [-0.2, -0.15) is 4.36 Å². The van der Waals surface area contributed by atoms with Crippen LogP contribution in [0.4, 0.5) is 16.2 Å². The minimum absolute atomic E-state index is 0.0201. The molecule has 98 heavy (non-hydrogen) atoms. The van der Waals surface area contributed by atoms with Gasteiger partial charge in [-0.3, -0.25) is 23.8 Å². The van der Waals surface area contributed by atoms with Crippen LogP contribution in [0.1, 0.15) is 155 Å². The Morgan fingerprint density at radius 3 is 1.67 bits per heavy atom. The first-order valence-corrected chi connectivity index (χ1v) is 39.0. The number of Topliss-reactive ketones (excluding diaryl/α,β-unsaturated/α-hetero) is 1. The fourth-order valence-electron chi connectivity index (χ4n) is 16.8. The number of amides is 4. The van der Waals surface area contributed by atoms with Gasteiger partial charge in [-0.1, -0.05) is 85.7 Å². The molecular formula is C77H98N8O11S2. The van der Waals surface area contributed by atoms with Crippen LogP contribution in [-0.2, 0) is 59.8 Å². The number of methoxy groups -OCH3 is 3. The van der Waals surface area contributed by atoms with Gasteiger partial charge in [0.2, 0.25) is 5.88 Å². The number of hydrogen-bond acceptors (Lipinski definition) is 14. The van der Waals surface area contributed by atoms with E-state index in [0.29, 0.717) is 60.9 Å². The van der Waals surface area contributed by atoms with Crippen LogP contribution in [0.25, 0.3) is 0 Å². The Kier molecular flexibility index (Phi) is 20.3. The average Bonchev–Trinajstić information content (AvgIpc) is 1.21. The molecule has 14 rings (SSSR count). The number of aryl methyl sites for hydroxylation is 5. The number of anilines is 2. The Morgan fingerprint density at radius 1 is 0.663 bits per heavy atom. The van der Waals surface area contributed by atoms with E-state index in [1.807, 2.05) is 38.1 Å². The number of carbonyl (C=O) groups excluding carboxylic acids is 4. The highest BCUT2D eigenvalue weighted by molar-refractivity contribution is 7.94. The van der Waals surface area contributed by atoms with Gasteiger partial charge in [0.25, 0.3) is 11.8 Å². The van der Waals surface area contributed by atoms with Crippen molar-refractivity contribution in [3.05, 3.63) is 153 Å². The molecule has 1 unspecified atom stereocenters. The first-order valence-electron chi connectivity index (χ1n) is 35.5. The summed E-state index contributed by atoms with van der Waals surface area (Å²) in [6.45, 7) is 12.5. The summed E-state index contributed by atoms with van der Waals surface area (Å²) in [7, 11) is -0.0551. The predicted octanol–water partition coefficient (Wildman–Crippen LogP) is 12.4. The summed E-state index contributed by atoms with van der Waals surface area (Å²) in [6, 6.07) is 24.1. The number of carbonyl (C=O) groups is 4. The van der Waals surface area contributed by atoms with Gasteiger partial charge in [-0.15, -0.1) is 9.46 Å². The van der Waals surface area contributed by atoms with E-state index in [2.05, 4.69) is 108 Å². The van der Waals surface area contributed by atoms with Gasteiger partial charge in [0.05, 0.1) is 65.1 Å². The molecule has 4 bridgehead atoms. The number of fused-ring (bicyclic) bond motifs is 8. The fourth-order valence-corrected chi connectivity index (χ4v) is 20.9. The fraction of sp³-hybridized carbons (Fsp3) is 0.545. The number of ether oxygens (including phenoxy) is 5. The summed E-state index contributed by atoms with van der Waals surface area (Å²) in [5.41, 5.74) is 10.3. The monoisotopic (exact) mass is 1370 g/mol. The van der Waals surface area contributed by atoms with E-state index in [1.54, 1.807) is 39.6 Å². The number of benzene rings is 4. The van der Waals surface area contributed by atoms with Crippen molar-refractivity contribution in [1.82, 2.24) is 19.8 Å². The lowest BCUT2D eigenvalue weighted by molar-refractivity contribution is 0.0131. The third-order valence-electron chi connectivity index (χ3n) is 22.3. The highest BCUT2D eigenvalue weighted by Crippen LogP contribution is 2.50. The lowest BCUT2D eigenvalue weighted by Gasteiger charge is -2.46. The average molecular weight is 1380 g/mol. The Hall–Kier alpha value is -7.33. The van der Waals surface area contributed by atoms with Crippen molar-refractivity contribution in [3.63, 3.8) is 0 Å². The van der Waals surface area contributed by atoms with Crippen molar-refractivity contribution in [2.24, 2.45) is 51.3 Å². The van der Waals surface area contributed by atoms with Crippen molar-refractivity contribution in [2.45, 2.75) is 147 Å². The van der Waals surface area contributed by atoms with E-state index in [1.165, 1.54) is 45.2 Å². The van der Waals surface area contributed by atoms with Crippen molar-refractivity contribution in [1.29, 1.82) is 0 Å². The second-order valence-electron chi connectivity index (χ2n) is 29.9. The van der Waals surface area contributed by atoms with E-state index >= 15 is 0 Å². The summed E-state index contributed by atoms with van der Waals surface area (Å²) in [6.07, 6.45) is 23.8. The maximum Gasteiger partial charge on any atom is 0.327 e. The molecule has 21 heteroatoms. The van der Waals surface area contributed by atoms with Gasteiger partial charge in [-0.25, -0.2) is 13.2 Å². The summed E-state index contributed by atoms with van der Waals surface area (Å²) in [5, 5.41) is 7.02. The molecule has 4 amide bonds. The van der Waals surface area contributed by atoms with Crippen molar-refractivity contribution >= 4 is 54.6 Å². The van der Waals surface area contributed by atoms with E-state index < -0.39 is 49.0 Å². The van der Waals surface area contributed by atoms with Gasteiger partial charge < -0.3 is 38.8 Å². The first kappa shape index (κ1) is 69.2. The Morgan fingerprint density at radius 2 is 1.18 bits per heavy atom. The molecular weight excluding hydrogens is 1280 g/mol. The van der Waals surface area contributed by atoms with Crippen molar-refractivity contribution in [2.75, 3.05) is 87.8 Å². The standard InChI is InChI=1S/C40H50N4O6S.C37H48N4O5S/c1-26-11-15-33-28(18-26)9-7-17-40(33)24-44-20-30-12-14-31(30)36(48-4)10-6-8-27(2)22-51(47,23-35(45)32-21-43(3)41-39(32)49-5)42-38(46)29-13-16-37(50-25-40)34(44)19-29;1-24-9-15-31-26(18-24)7-5-17-37(31)22-41-20-28-10-14-30(28)33(45-3)8-4-6-25(2)21-47(44,40-36(43)38-29-12-13-29)39-35(42)27-11-16-34(46-23-37)32(41)19-27/h6,10-11,13,15-16,18-19,21,27,30-31,36H,7-9,12,14,17,20,22-25H2,1-5H3;4,8-9,11,15-16,18-19,25,28-30,33H,5-7,10,12-14,17,20-23H2,1-3H3,(H2,38,39,40,42,43,44)/b10-6+;8-4+/t27-,30-,31+,36-,40-,51+;25-,28-,30+,33-,37-,47?/m00/s1. The molecule has 2 spiro atoms. The van der Waals surface area contributed by atoms with E-state index in [0.717, 1.165) is 126 Å². The number of aromatic nitrogens is 2. The number of ketones is 1. The topological polar surface area (TPSA) is 222 Å². The van der Waals surface area contributed by atoms with Crippen LogP contribution < -0.4 is 34.0 Å². The molecule has 5 heterocycles. The molecule has 9 aliphatic rings. The van der Waals surface area contributed by atoms with Crippen LogP contribution in [0, 0.1) is 49.4 Å². The predicted molar refractivity (Wildman–Crippen MR) is 383 cm³/mol. The third kappa shape index (κ3) is 14.9. The molecule has 3 saturated carbocycles. The van der Waals surface area contributed by atoms with E-state index in [4.69, 9.17) is 23.7 Å². The smallest absolute Gasteiger partial charge is 0.327 e. The van der Waals surface area contributed by atoms with E-state index in [9.17, 15) is 27.6 Å². The first-order chi connectivity index (χ1) is 47.1. The zero-order valence-corrected chi connectivity index (χ0v) is 59.9. The number of rotatable bonds is 8. The Balaban J connectivity index is 0.000000177. The van der Waals surface area contributed by atoms with Gasteiger partial charge in [-0.05, 0) is 198 Å². The summed E-state index contributed by atoms with van der Waals surface area (Å²) < 4.78 is 72.4. The van der Waals surface area contributed by atoms with Crippen LogP contribution in [0.3, 0.4) is 0 Å². The molecule has 2 N–H and O–H groups in total. The van der Waals surface area contributed by atoms with Crippen molar-refractivity contribution < 1.29 is 51.3 Å². The van der Waals surface area contributed by atoms with Gasteiger partial charge >= 0.3 is 6.03 Å². The molecule has 4 aliphatic heterocycles. The molecule has 3 fully saturated rings. The Bertz CT molecular complexity index is 4200. The van der Waals surface area contributed by atoms with Gasteiger partial charge in [0.15, 0.2) is 5.78 Å². The highest BCUT2D eigenvalue weighted by atomic mass is 32.2. The third-order valence-corrected chi connectivity index (χ3v) is 26.6. The molecule has 1 aromatic heterocycles. The molecule has 5 aromatic rings. The quantitative estimate of drug-likeness (QED) is 0.109. The number of urea groups is 1. The lowest BCUT2D eigenvalue weighted by Crippen LogP contribution is -2.49. The molecule has 0 saturated heterocycles. The minimum Gasteiger partial charge on any atom is -0.490 e. The van der Waals surface area contributed by atoms with Crippen LogP contribution in [0.5, 0.6) is 17.4 Å². The maximum absolute atomic E-state index is 14.7. The molecule has 19 nitrogen and oxygen atoms in total. The van der Waals surface area contributed by atoms with Gasteiger partial charge in [0.1, 0.15) is 27.0 Å². The molecule has 12 atom stereocenters. The van der Waals surface area contributed by atoms with Crippen LogP contribution in [0.15, 0.2) is 112 Å². The maximum atomic E-state index is 14.7. The lowest BCUT2D eigenvalue weighted by atomic mass is 9.68. The second-order valence-corrected chi connectivity index (χ2v) is 34.3. The SMILES string of the molecule is CO[C@H]1/C=C/C[C@H](C)CS(=O)(NC(=O)NC2CC2)=NC(=O)c2ccc3c(c2)N(C[C@@H]2CC[C@H]21)C[C@@]1(CCCc2cc(C)ccc21)CO3.COc1nn(C)cc1C(=O)C[S@@]1(=O)=NC(=O)c2ccc3c(c2)N(C[C@@H]2CC[C@H]2[C@@H](OC)/C=C/C[C@H](C)C1)C[C@@]1(CCCc2cc(C)ccc21)CO3. The highest BCUT2D eigenvalue weighted by Gasteiger charge is 2.47. The molecule has 0 radical (unpaired) electrons. The number of hydrogen-bond donors (Lipinski definition) is 2. The van der Waals surface area contributed by atoms with Crippen LogP contribution in [-0.4, -0.2) is 138 Å². The second kappa shape index (κ2) is 28.7. The normalized spacial score (nSPS) is 31.3. The van der Waals surface area contributed by atoms with Gasteiger partial charge in [0, 0.05) is 87.4 Å². The summed E-state index contributed by atoms with van der Waals surface area (Å²) in [4.78, 5) is 59.1. The zero-order chi connectivity index (χ0) is 68.7. The molecule has 524 valence electrons. The van der Waals surface area contributed by atoms with E-state index in [-0.39, 0.29) is 63.9 Å². The molecule has 4 aromatic carbocycles.